The SMILES string of the molecule is COc1ccc(CN2C(=O)/C(=C\c3ccccc3)c3cc(-c4ccc(OC)cc4)ccc32)cc1. The molecule has 0 N–H and O–H groups in total. The maximum absolute atomic E-state index is 13.6. The molecule has 0 spiro atoms. The maximum Gasteiger partial charge on any atom is 0.259 e. The number of carbonyl (C=O) groups is 1. The Hall–Kier alpha value is -4.31. The molecule has 1 aliphatic heterocycles. The summed E-state index contributed by atoms with van der Waals surface area (Å²) >= 11 is 0. The summed E-state index contributed by atoms with van der Waals surface area (Å²) in [5.74, 6) is 1.61. The van der Waals surface area contributed by atoms with Crippen LogP contribution in [0.5, 0.6) is 11.5 Å². The molecule has 4 aromatic carbocycles. The van der Waals surface area contributed by atoms with E-state index in [0.717, 1.165) is 45.0 Å². The molecule has 4 heteroatoms. The van der Waals surface area contributed by atoms with E-state index in [9.17, 15) is 4.79 Å². The average molecular weight is 448 g/mol. The monoisotopic (exact) mass is 447 g/mol. The third kappa shape index (κ3) is 4.18. The molecular formula is C30H25NO3. The van der Waals surface area contributed by atoms with Gasteiger partial charge < -0.3 is 14.4 Å². The number of hydrogen-bond acceptors (Lipinski definition) is 3. The van der Waals surface area contributed by atoms with Gasteiger partial charge in [-0.25, -0.2) is 0 Å². The van der Waals surface area contributed by atoms with E-state index in [2.05, 4.69) is 12.1 Å². The van der Waals surface area contributed by atoms with Crippen molar-refractivity contribution in [2.75, 3.05) is 19.1 Å². The molecular weight excluding hydrogens is 422 g/mol. The van der Waals surface area contributed by atoms with Crippen LogP contribution in [0, 0.1) is 0 Å². The van der Waals surface area contributed by atoms with Crippen LogP contribution >= 0.6 is 0 Å². The van der Waals surface area contributed by atoms with Gasteiger partial charge in [-0.3, -0.25) is 4.79 Å². The molecule has 1 aliphatic rings. The van der Waals surface area contributed by atoms with E-state index < -0.39 is 0 Å². The van der Waals surface area contributed by atoms with Crippen molar-refractivity contribution in [1.82, 2.24) is 0 Å². The van der Waals surface area contributed by atoms with E-state index in [4.69, 9.17) is 9.47 Å². The van der Waals surface area contributed by atoms with E-state index in [1.807, 2.05) is 95.9 Å². The van der Waals surface area contributed by atoms with E-state index in [1.54, 1.807) is 14.2 Å². The molecule has 1 amide bonds. The van der Waals surface area contributed by atoms with Gasteiger partial charge in [0.1, 0.15) is 11.5 Å². The highest BCUT2D eigenvalue weighted by Crippen LogP contribution is 2.41. The lowest BCUT2D eigenvalue weighted by molar-refractivity contribution is -0.113. The molecule has 0 saturated carbocycles. The summed E-state index contributed by atoms with van der Waals surface area (Å²) in [6.45, 7) is 0.490. The maximum atomic E-state index is 13.6. The topological polar surface area (TPSA) is 38.8 Å². The van der Waals surface area contributed by atoms with Crippen LogP contribution in [0.15, 0.2) is 97.1 Å². The predicted molar refractivity (Wildman–Crippen MR) is 137 cm³/mol. The molecule has 4 nitrogen and oxygen atoms in total. The third-order valence-electron chi connectivity index (χ3n) is 6.09. The number of ether oxygens (including phenoxy) is 2. The Bertz CT molecular complexity index is 1340. The Morgan fingerprint density at radius 1 is 0.735 bits per heavy atom. The van der Waals surface area contributed by atoms with Gasteiger partial charge in [0.05, 0.1) is 26.5 Å². The van der Waals surface area contributed by atoms with Crippen LogP contribution in [0.1, 0.15) is 16.7 Å². The number of hydrogen-bond donors (Lipinski definition) is 0. The molecule has 168 valence electrons. The summed E-state index contributed by atoms with van der Waals surface area (Å²) in [5.41, 5.74) is 6.72. The second-order valence-corrected chi connectivity index (χ2v) is 8.17. The van der Waals surface area contributed by atoms with E-state index >= 15 is 0 Å². The number of amides is 1. The number of anilines is 1. The fraction of sp³-hybridized carbons (Fsp3) is 0.100. The highest BCUT2D eigenvalue weighted by molar-refractivity contribution is 6.36. The van der Waals surface area contributed by atoms with Crippen LogP contribution < -0.4 is 14.4 Å². The van der Waals surface area contributed by atoms with Crippen LogP contribution in [0.3, 0.4) is 0 Å². The summed E-state index contributed by atoms with van der Waals surface area (Å²) in [6.07, 6.45) is 1.98. The van der Waals surface area contributed by atoms with Crippen LogP contribution in [0.25, 0.3) is 22.8 Å². The Labute approximate surface area is 199 Å². The van der Waals surface area contributed by atoms with Crippen molar-refractivity contribution in [3.63, 3.8) is 0 Å². The Kier molecular flexibility index (Phi) is 5.88. The lowest BCUT2D eigenvalue weighted by atomic mass is 9.98. The normalized spacial score (nSPS) is 13.8. The molecule has 0 bridgehead atoms. The van der Waals surface area contributed by atoms with Gasteiger partial charge in [-0.1, -0.05) is 60.7 Å². The Balaban J connectivity index is 1.57. The van der Waals surface area contributed by atoms with Crippen LogP contribution in [-0.2, 0) is 11.3 Å². The van der Waals surface area contributed by atoms with Gasteiger partial charge in [0.2, 0.25) is 0 Å². The van der Waals surface area contributed by atoms with Gasteiger partial charge in [-0.15, -0.1) is 0 Å². The van der Waals surface area contributed by atoms with E-state index in [0.29, 0.717) is 12.1 Å². The van der Waals surface area contributed by atoms with Crippen molar-refractivity contribution in [3.05, 3.63) is 114 Å². The van der Waals surface area contributed by atoms with Crippen molar-refractivity contribution in [3.8, 4) is 22.6 Å². The van der Waals surface area contributed by atoms with Crippen molar-refractivity contribution >= 4 is 23.2 Å². The molecule has 1 heterocycles. The highest BCUT2D eigenvalue weighted by Gasteiger charge is 2.32. The molecule has 0 fully saturated rings. The summed E-state index contributed by atoms with van der Waals surface area (Å²) in [4.78, 5) is 15.5. The average Bonchev–Trinajstić information content (AvgIpc) is 3.15. The lowest BCUT2D eigenvalue weighted by Gasteiger charge is -2.18. The van der Waals surface area contributed by atoms with Crippen molar-refractivity contribution < 1.29 is 14.3 Å². The number of rotatable bonds is 6. The summed E-state index contributed by atoms with van der Waals surface area (Å²) < 4.78 is 10.6. The second kappa shape index (κ2) is 9.28. The summed E-state index contributed by atoms with van der Waals surface area (Å²) in [7, 11) is 3.31. The predicted octanol–water partition coefficient (Wildman–Crippen LogP) is 6.46. The minimum atomic E-state index is 0.00144. The van der Waals surface area contributed by atoms with Crippen LogP contribution in [0.2, 0.25) is 0 Å². The van der Waals surface area contributed by atoms with Gasteiger partial charge >= 0.3 is 0 Å². The molecule has 0 saturated heterocycles. The number of fused-ring (bicyclic) bond motifs is 1. The zero-order valence-electron chi connectivity index (χ0n) is 19.2. The molecule has 5 rings (SSSR count). The van der Waals surface area contributed by atoms with Gasteiger partial charge in [-0.05, 0) is 64.7 Å². The van der Waals surface area contributed by atoms with E-state index in [1.165, 1.54) is 0 Å². The largest absolute Gasteiger partial charge is 0.497 e. The number of nitrogens with zero attached hydrogens (tertiary/aromatic N) is 1. The fourth-order valence-corrected chi connectivity index (χ4v) is 4.25. The molecule has 0 unspecified atom stereocenters. The van der Waals surface area contributed by atoms with Crippen molar-refractivity contribution in [2.45, 2.75) is 6.54 Å². The van der Waals surface area contributed by atoms with Gasteiger partial charge in [-0.2, -0.15) is 0 Å². The summed E-state index contributed by atoms with van der Waals surface area (Å²) in [5, 5.41) is 0. The molecule has 0 aromatic heterocycles. The Morgan fingerprint density at radius 3 is 2.00 bits per heavy atom. The van der Waals surface area contributed by atoms with Crippen molar-refractivity contribution in [2.24, 2.45) is 0 Å². The molecule has 4 aromatic rings. The van der Waals surface area contributed by atoms with Crippen molar-refractivity contribution in [1.29, 1.82) is 0 Å². The number of carbonyl (C=O) groups excluding carboxylic acids is 1. The first-order chi connectivity index (χ1) is 16.7. The fourth-order valence-electron chi connectivity index (χ4n) is 4.25. The molecule has 34 heavy (non-hydrogen) atoms. The zero-order chi connectivity index (χ0) is 23.5. The molecule has 0 atom stereocenters. The number of methoxy groups -OCH3 is 2. The second-order valence-electron chi connectivity index (χ2n) is 8.17. The summed E-state index contributed by atoms with van der Waals surface area (Å²) in [6, 6.07) is 32.0. The zero-order valence-corrected chi connectivity index (χ0v) is 19.2. The third-order valence-corrected chi connectivity index (χ3v) is 6.09. The first-order valence-electron chi connectivity index (χ1n) is 11.2. The smallest absolute Gasteiger partial charge is 0.259 e. The van der Waals surface area contributed by atoms with Gasteiger partial charge in [0.25, 0.3) is 5.91 Å². The van der Waals surface area contributed by atoms with Crippen LogP contribution in [0.4, 0.5) is 5.69 Å². The first-order valence-corrected chi connectivity index (χ1v) is 11.2. The molecule has 0 radical (unpaired) electrons. The van der Waals surface area contributed by atoms with E-state index in [-0.39, 0.29) is 5.91 Å². The molecule has 0 aliphatic carbocycles. The minimum absolute atomic E-state index is 0.00144. The minimum Gasteiger partial charge on any atom is -0.497 e. The first kappa shape index (κ1) is 21.5. The van der Waals surface area contributed by atoms with Gasteiger partial charge in [0, 0.05) is 11.1 Å². The Morgan fingerprint density at radius 2 is 1.35 bits per heavy atom. The lowest BCUT2D eigenvalue weighted by Crippen LogP contribution is -2.25. The van der Waals surface area contributed by atoms with Crippen LogP contribution in [-0.4, -0.2) is 20.1 Å². The highest BCUT2D eigenvalue weighted by atomic mass is 16.5. The standard InChI is InChI=1S/C30H25NO3/c1-33-25-13-8-22(9-14-25)20-31-29-17-12-24(23-10-15-26(34-2)16-11-23)19-27(29)28(30(31)32)18-21-6-4-3-5-7-21/h3-19H,20H2,1-2H3/b28-18-. The number of benzene rings is 4. The van der Waals surface area contributed by atoms with Gasteiger partial charge in [0.15, 0.2) is 0 Å². The quantitative estimate of drug-likeness (QED) is 0.319.